The van der Waals surface area contributed by atoms with Gasteiger partial charge in [-0.25, -0.2) is 4.79 Å². The SMILES string of the molecule is CCOc1ccccc1CN1CCC[C@@H](n2c(=O)oc3ccccc32)C1. The maximum absolute atomic E-state index is 12.4. The highest BCUT2D eigenvalue weighted by Gasteiger charge is 2.25. The standard InChI is InChI=1S/C21H24N2O3/c1-2-25-19-11-5-3-8-16(19)14-22-13-7-9-17(15-22)23-18-10-4-6-12-20(18)26-21(23)24/h3-6,8,10-12,17H,2,7,9,13-15H2,1H3/t17-/m1/s1. The Morgan fingerprint density at radius 1 is 1.15 bits per heavy atom. The summed E-state index contributed by atoms with van der Waals surface area (Å²) in [5.41, 5.74) is 2.75. The number of rotatable bonds is 5. The fraction of sp³-hybridized carbons (Fsp3) is 0.381. The first-order valence-electron chi connectivity index (χ1n) is 9.29. The number of piperidine rings is 1. The van der Waals surface area contributed by atoms with Crippen LogP contribution in [0.15, 0.2) is 57.7 Å². The van der Waals surface area contributed by atoms with Gasteiger partial charge in [0.15, 0.2) is 5.58 Å². The first-order chi connectivity index (χ1) is 12.8. The number of aromatic nitrogens is 1. The molecule has 1 atom stereocenters. The highest BCUT2D eigenvalue weighted by Crippen LogP contribution is 2.27. The minimum Gasteiger partial charge on any atom is -0.494 e. The fourth-order valence-corrected chi connectivity index (χ4v) is 3.89. The summed E-state index contributed by atoms with van der Waals surface area (Å²) in [6.45, 7) is 5.36. The molecule has 0 spiro atoms. The Morgan fingerprint density at radius 3 is 2.85 bits per heavy atom. The number of nitrogens with zero attached hydrogens (tertiary/aromatic N) is 2. The van der Waals surface area contributed by atoms with Crippen molar-refractivity contribution in [1.82, 2.24) is 9.47 Å². The Balaban J connectivity index is 1.56. The molecule has 0 aliphatic carbocycles. The number of oxazole rings is 1. The maximum atomic E-state index is 12.4. The second kappa shape index (κ2) is 7.38. The Morgan fingerprint density at radius 2 is 1.96 bits per heavy atom. The molecule has 0 amide bonds. The summed E-state index contributed by atoms with van der Waals surface area (Å²) >= 11 is 0. The van der Waals surface area contributed by atoms with E-state index in [1.54, 1.807) is 0 Å². The van der Waals surface area contributed by atoms with Gasteiger partial charge in [0.05, 0.1) is 18.2 Å². The Hall–Kier alpha value is -2.53. The third-order valence-electron chi connectivity index (χ3n) is 5.03. The zero-order chi connectivity index (χ0) is 17.9. The maximum Gasteiger partial charge on any atom is 0.420 e. The summed E-state index contributed by atoms with van der Waals surface area (Å²) in [6.07, 6.45) is 2.06. The van der Waals surface area contributed by atoms with Gasteiger partial charge in [-0.15, -0.1) is 0 Å². The predicted molar refractivity (Wildman–Crippen MR) is 102 cm³/mol. The average molecular weight is 352 g/mol. The van der Waals surface area contributed by atoms with Crippen LogP contribution in [0.2, 0.25) is 0 Å². The van der Waals surface area contributed by atoms with Crippen molar-refractivity contribution in [3.63, 3.8) is 0 Å². The first-order valence-corrected chi connectivity index (χ1v) is 9.29. The van der Waals surface area contributed by atoms with Crippen LogP contribution < -0.4 is 10.5 Å². The van der Waals surface area contributed by atoms with Crippen LogP contribution in [0, 0.1) is 0 Å². The highest BCUT2D eigenvalue weighted by atomic mass is 16.5. The van der Waals surface area contributed by atoms with Crippen LogP contribution in [-0.4, -0.2) is 29.2 Å². The molecule has 1 saturated heterocycles. The van der Waals surface area contributed by atoms with Crippen molar-refractivity contribution in [2.75, 3.05) is 19.7 Å². The van der Waals surface area contributed by atoms with E-state index in [0.29, 0.717) is 12.2 Å². The summed E-state index contributed by atoms with van der Waals surface area (Å²) in [6, 6.07) is 16.0. The van der Waals surface area contributed by atoms with Crippen LogP contribution >= 0.6 is 0 Å². The van der Waals surface area contributed by atoms with Gasteiger partial charge in [0.2, 0.25) is 0 Å². The Labute approximate surface area is 152 Å². The van der Waals surface area contributed by atoms with Crippen molar-refractivity contribution in [3.8, 4) is 5.75 Å². The van der Waals surface area contributed by atoms with Gasteiger partial charge in [0.25, 0.3) is 0 Å². The van der Waals surface area contributed by atoms with Crippen molar-refractivity contribution < 1.29 is 9.15 Å². The molecule has 0 unspecified atom stereocenters. The van der Waals surface area contributed by atoms with E-state index < -0.39 is 0 Å². The van der Waals surface area contributed by atoms with Crippen molar-refractivity contribution in [2.24, 2.45) is 0 Å². The molecule has 2 heterocycles. The molecular weight excluding hydrogens is 328 g/mol. The second-order valence-electron chi connectivity index (χ2n) is 6.78. The third kappa shape index (κ3) is 3.27. The fourth-order valence-electron chi connectivity index (χ4n) is 3.89. The van der Waals surface area contributed by atoms with Crippen molar-refractivity contribution in [3.05, 3.63) is 64.6 Å². The summed E-state index contributed by atoms with van der Waals surface area (Å²) in [4.78, 5) is 14.8. The smallest absolute Gasteiger partial charge is 0.420 e. The number of likely N-dealkylation sites (tertiary alicyclic amines) is 1. The molecule has 5 nitrogen and oxygen atoms in total. The van der Waals surface area contributed by atoms with E-state index >= 15 is 0 Å². The van der Waals surface area contributed by atoms with E-state index in [4.69, 9.17) is 9.15 Å². The van der Waals surface area contributed by atoms with Gasteiger partial charge >= 0.3 is 5.76 Å². The first kappa shape index (κ1) is 16.9. The minimum atomic E-state index is -0.257. The molecule has 1 aliphatic rings. The van der Waals surface area contributed by atoms with Gasteiger partial charge in [0.1, 0.15) is 5.75 Å². The molecule has 4 rings (SSSR count). The molecule has 136 valence electrons. The highest BCUT2D eigenvalue weighted by molar-refractivity contribution is 5.72. The molecule has 3 aromatic rings. The van der Waals surface area contributed by atoms with Crippen molar-refractivity contribution >= 4 is 11.1 Å². The van der Waals surface area contributed by atoms with Gasteiger partial charge in [-0.1, -0.05) is 30.3 Å². The second-order valence-corrected chi connectivity index (χ2v) is 6.78. The van der Waals surface area contributed by atoms with Gasteiger partial charge in [0, 0.05) is 18.7 Å². The number of benzene rings is 2. The van der Waals surface area contributed by atoms with Crippen molar-refractivity contribution in [2.45, 2.75) is 32.4 Å². The van der Waals surface area contributed by atoms with Crippen LogP contribution in [0.5, 0.6) is 5.75 Å². The van der Waals surface area contributed by atoms with E-state index in [-0.39, 0.29) is 11.8 Å². The minimum absolute atomic E-state index is 0.138. The molecule has 0 saturated carbocycles. The van der Waals surface area contributed by atoms with E-state index in [2.05, 4.69) is 11.0 Å². The monoisotopic (exact) mass is 352 g/mol. The zero-order valence-corrected chi connectivity index (χ0v) is 15.1. The Kier molecular flexibility index (Phi) is 4.80. The normalized spacial score (nSPS) is 18.3. The molecule has 0 radical (unpaired) electrons. The molecule has 1 aliphatic heterocycles. The van der Waals surface area contributed by atoms with Crippen LogP contribution in [0.4, 0.5) is 0 Å². The van der Waals surface area contributed by atoms with Crippen LogP contribution in [0.25, 0.3) is 11.1 Å². The van der Waals surface area contributed by atoms with Gasteiger partial charge in [-0.05, 0) is 44.5 Å². The lowest BCUT2D eigenvalue weighted by Crippen LogP contribution is -2.38. The molecular formula is C21H24N2O3. The van der Waals surface area contributed by atoms with E-state index in [1.807, 2.05) is 54.0 Å². The lowest BCUT2D eigenvalue weighted by molar-refractivity contribution is 0.166. The van der Waals surface area contributed by atoms with Crippen LogP contribution in [0.1, 0.15) is 31.4 Å². The number of ether oxygens (including phenoxy) is 1. The van der Waals surface area contributed by atoms with Gasteiger partial charge in [-0.3, -0.25) is 9.47 Å². The van der Waals surface area contributed by atoms with E-state index in [9.17, 15) is 4.79 Å². The number of para-hydroxylation sites is 3. The number of fused-ring (bicyclic) bond motifs is 1. The van der Waals surface area contributed by atoms with Crippen LogP contribution in [-0.2, 0) is 6.54 Å². The predicted octanol–water partition coefficient (Wildman–Crippen LogP) is 3.83. The summed E-state index contributed by atoms with van der Waals surface area (Å²) in [7, 11) is 0. The third-order valence-corrected chi connectivity index (χ3v) is 5.03. The van der Waals surface area contributed by atoms with E-state index in [1.165, 1.54) is 5.56 Å². The molecule has 0 N–H and O–H groups in total. The van der Waals surface area contributed by atoms with E-state index in [0.717, 1.165) is 43.7 Å². The van der Waals surface area contributed by atoms with Crippen molar-refractivity contribution in [1.29, 1.82) is 0 Å². The quantitative estimate of drug-likeness (QED) is 0.700. The number of hydrogen-bond acceptors (Lipinski definition) is 4. The molecule has 2 aromatic carbocycles. The zero-order valence-electron chi connectivity index (χ0n) is 15.1. The number of hydrogen-bond donors (Lipinski definition) is 0. The molecule has 1 aromatic heterocycles. The molecule has 0 bridgehead atoms. The lowest BCUT2D eigenvalue weighted by Gasteiger charge is -2.33. The Bertz CT molecular complexity index is 944. The topological polar surface area (TPSA) is 47.6 Å². The molecule has 26 heavy (non-hydrogen) atoms. The summed E-state index contributed by atoms with van der Waals surface area (Å²) in [5, 5.41) is 0. The molecule has 5 heteroatoms. The van der Waals surface area contributed by atoms with Gasteiger partial charge < -0.3 is 9.15 Å². The largest absolute Gasteiger partial charge is 0.494 e. The van der Waals surface area contributed by atoms with Gasteiger partial charge in [-0.2, -0.15) is 0 Å². The van der Waals surface area contributed by atoms with Crippen LogP contribution in [0.3, 0.4) is 0 Å². The average Bonchev–Trinajstić information content (AvgIpc) is 2.99. The molecule has 1 fully saturated rings. The lowest BCUT2D eigenvalue weighted by atomic mass is 10.0. The summed E-state index contributed by atoms with van der Waals surface area (Å²) < 4.78 is 13.0. The summed E-state index contributed by atoms with van der Waals surface area (Å²) in [5.74, 6) is 0.691.